The van der Waals surface area contributed by atoms with Crippen LogP contribution in [-0.2, 0) is 16.6 Å². The molecule has 2 rings (SSSR count). The third-order valence-corrected chi connectivity index (χ3v) is 6.01. The van der Waals surface area contributed by atoms with Crippen molar-refractivity contribution in [3.05, 3.63) is 28.8 Å². The summed E-state index contributed by atoms with van der Waals surface area (Å²) >= 11 is 0. The molecule has 4 nitrogen and oxygen atoms in total. The van der Waals surface area contributed by atoms with Gasteiger partial charge in [-0.2, -0.15) is 0 Å². The zero-order chi connectivity index (χ0) is 15.5. The third kappa shape index (κ3) is 4.05. The molecular weight excluding hydrogens is 284 g/mol. The summed E-state index contributed by atoms with van der Waals surface area (Å²) in [7, 11) is -1.55. The van der Waals surface area contributed by atoms with Crippen LogP contribution in [-0.4, -0.2) is 22.0 Å². The minimum Gasteiger partial charge on any atom is -0.316 e. The number of rotatable bonds is 7. The highest BCUT2D eigenvalue weighted by molar-refractivity contribution is 7.89. The van der Waals surface area contributed by atoms with Gasteiger partial charge in [0.1, 0.15) is 0 Å². The number of sulfonamides is 1. The predicted molar refractivity (Wildman–Crippen MR) is 85.8 cm³/mol. The Morgan fingerprint density at radius 1 is 1.24 bits per heavy atom. The molecule has 0 heterocycles. The topological polar surface area (TPSA) is 58.2 Å². The lowest BCUT2D eigenvalue weighted by Crippen LogP contribution is -2.28. The van der Waals surface area contributed by atoms with Gasteiger partial charge in [-0.25, -0.2) is 13.1 Å². The lowest BCUT2D eigenvalue weighted by molar-refractivity contribution is 0.297. The van der Waals surface area contributed by atoms with Crippen LogP contribution in [0.4, 0.5) is 0 Å². The van der Waals surface area contributed by atoms with E-state index in [9.17, 15) is 8.42 Å². The zero-order valence-electron chi connectivity index (χ0n) is 13.2. The summed E-state index contributed by atoms with van der Waals surface area (Å²) in [5.41, 5.74) is 2.85. The second-order valence-electron chi connectivity index (χ2n) is 6.05. The molecule has 1 saturated carbocycles. The summed E-state index contributed by atoms with van der Waals surface area (Å²) in [6.07, 6.45) is 4.74. The van der Waals surface area contributed by atoms with E-state index in [0.29, 0.717) is 23.9 Å². The van der Waals surface area contributed by atoms with Crippen LogP contribution in [0.5, 0.6) is 0 Å². The van der Waals surface area contributed by atoms with Crippen LogP contribution in [0.1, 0.15) is 42.4 Å². The Hall–Kier alpha value is -0.910. The van der Waals surface area contributed by atoms with E-state index in [1.165, 1.54) is 19.3 Å². The molecule has 0 saturated heterocycles. The molecule has 1 fully saturated rings. The lowest BCUT2D eigenvalue weighted by atomic mass is 9.83. The van der Waals surface area contributed by atoms with Crippen molar-refractivity contribution >= 4 is 10.0 Å². The maximum absolute atomic E-state index is 12.5. The van der Waals surface area contributed by atoms with Gasteiger partial charge in [-0.1, -0.05) is 25.3 Å². The monoisotopic (exact) mass is 310 g/mol. The van der Waals surface area contributed by atoms with Crippen LogP contribution in [0.25, 0.3) is 0 Å². The van der Waals surface area contributed by atoms with Crippen molar-refractivity contribution in [1.82, 2.24) is 10.0 Å². The van der Waals surface area contributed by atoms with Gasteiger partial charge < -0.3 is 5.32 Å². The summed E-state index contributed by atoms with van der Waals surface area (Å²) < 4.78 is 27.8. The quantitative estimate of drug-likeness (QED) is 0.813. The number of nitrogens with one attached hydrogen (secondary N) is 2. The summed E-state index contributed by atoms with van der Waals surface area (Å²) in [5.74, 6) is 0.714. The minimum atomic E-state index is -3.41. The van der Waals surface area contributed by atoms with Gasteiger partial charge in [-0.05, 0) is 56.0 Å². The molecule has 0 spiro atoms. The molecule has 0 atom stereocenters. The Bertz CT molecular complexity index is 593. The molecule has 1 aliphatic carbocycles. The highest BCUT2D eigenvalue weighted by Crippen LogP contribution is 2.29. The SMILES string of the molecule is CNCc1cc(C)c(C)c(S(=O)(=O)NCCC2CCC2)c1. The van der Waals surface area contributed by atoms with Crippen molar-refractivity contribution in [2.75, 3.05) is 13.6 Å². The molecule has 0 amide bonds. The molecule has 5 heteroatoms. The Kier molecular flexibility index (Phi) is 5.41. The minimum absolute atomic E-state index is 0.418. The molecule has 118 valence electrons. The molecule has 1 aromatic carbocycles. The van der Waals surface area contributed by atoms with Crippen LogP contribution < -0.4 is 10.0 Å². The van der Waals surface area contributed by atoms with Crippen molar-refractivity contribution < 1.29 is 8.42 Å². The van der Waals surface area contributed by atoms with E-state index >= 15 is 0 Å². The van der Waals surface area contributed by atoms with Crippen LogP contribution in [0.2, 0.25) is 0 Å². The molecule has 2 N–H and O–H groups in total. The number of aryl methyl sites for hydroxylation is 1. The Morgan fingerprint density at radius 2 is 1.95 bits per heavy atom. The molecule has 0 radical (unpaired) electrons. The van der Waals surface area contributed by atoms with Gasteiger partial charge in [0.15, 0.2) is 0 Å². The van der Waals surface area contributed by atoms with Crippen LogP contribution in [0.15, 0.2) is 17.0 Å². The maximum Gasteiger partial charge on any atom is 0.240 e. The van der Waals surface area contributed by atoms with Gasteiger partial charge in [0.2, 0.25) is 10.0 Å². The van der Waals surface area contributed by atoms with Crippen molar-refractivity contribution in [2.45, 2.75) is 51.0 Å². The van der Waals surface area contributed by atoms with E-state index in [4.69, 9.17) is 0 Å². The summed E-state index contributed by atoms with van der Waals surface area (Å²) in [6, 6.07) is 3.82. The van der Waals surface area contributed by atoms with Crippen molar-refractivity contribution in [1.29, 1.82) is 0 Å². The van der Waals surface area contributed by atoms with E-state index in [2.05, 4.69) is 10.0 Å². The van der Waals surface area contributed by atoms with Crippen LogP contribution >= 0.6 is 0 Å². The first kappa shape index (κ1) is 16.5. The Morgan fingerprint density at radius 3 is 2.52 bits per heavy atom. The van der Waals surface area contributed by atoms with Crippen LogP contribution in [0, 0.1) is 19.8 Å². The molecular formula is C16H26N2O2S. The van der Waals surface area contributed by atoms with Crippen molar-refractivity contribution in [3.8, 4) is 0 Å². The van der Waals surface area contributed by atoms with Crippen molar-refractivity contribution in [2.24, 2.45) is 5.92 Å². The lowest BCUT2D eigenvalue weighted by Gasteiger charge is -2.25. The average Bonchev–Trinajstić information content (AvgIpc) is 2.36. The molecule has 0 unspecified atom stereocenters. The molecule has 0 bridgehead atoms. The maximum atomic E-state index is 12.5. The average molecular weight is 310 g/mol. The number of benzene rings is 1. The first-order chi connectivity index (χ1) is 9.94. The third-order valence-electron chi connectivity index (χ3n) is 4.42. The summed E-state index contributed by atoms with van der Waals surface area (Å²) in [5, 5.41) is 3.07. The number of hydrogen-bond acceptors (Lipinski definition) is 3. The second kappa shape index (κ2) is 6.90. The predicted octanol–water partition coefficient (Wildman–Crippen LogP) is 2.49. The highest BCUT2D eigenvalue weighted by atomic mass is 32.2. The molecule has 0 aliphatic heterocycles. The first-order valence-corrected chi connectivity index (χ1v) is 9.16. The first-order valence-electron chi connectivity index (χ1n) is 7.68. The largest absolute Gasteiger partial charge is 0.316 e. The van der Waals surface area contributed by atoms with Gasteiger partial charge >= 0.3 is 0 Å². The standard InChI is InChI=1S/C16H26N2O2S/c1-12-9-15(11-17-3)10-16(13(12)2)21(19,20)18-8-7-14-5-4-6-14/h9-10,14,17-18H,4-8,11H2,1-3H3. The molecule has 0 aromatic heterocycles. The van der Waals surface area contributed by atoms with E-state index in [0.717, 1.165) is 23.1 Å². The van der Waals surface area contributed by atoms with Gasteiger partial charge in [0.25, 0.3) is 0 Å². The molecule has 21 heavy (non-hydrogen) atoms. The summed E-state index contributed by atoms with van der Waals surface area (Å²) in [4.78, 5) is 0.418. The van der Waals surface area contributed by atoms with Gasteiger partial charge in [0.05, 0.1) is 4.90 Å². The highest BCUT2D eigenvalue weighted by Gasteiger charge is 2.21. The second-order valence-corrected chi connectivity index (χ2v) is 7.78. The van der Waals surface area contributed by atoms with E-state index in [1.807, 2.05) is 27.0 Å². The van der Waals surface area contributed by atoms with Crippen LogP contribution in [0.3, 0.4) is 0 Å². The van der Waals surface area contributed by atoms with Gasteiger partial charge in [0, 0.05) is 13.1 Å². The van der Waals surface area contributed by atoms with Gasteiger partial charge in [-0.15, -0.1) is 0 Å². The fourth-order valence-corrected chi connectivity index (χ4v) is 4.15. The zero-order valence-corrected chi connectivity index (χ0v) is 14.0. The molecule has 1 aromatic rings. The van der Waals surface area contributed by atoms with E-state index in [-0.39, 0.29) is 0 Å². The summed E-state index contributed by atoms with van der Waals surface area (Å²) in [6.45, 7) is 5.05. The van der Waals surface area contributed by atoms with E-state index < -0.39 is 10.0 Å². The normalized spacial score (nSPS) is 16.0. The Labute approximate surface area is 128 Å². The van der Waals surface area contributed by atoms with Crippen molar-refractivity contribution in [3.63, 3.8) is 0 Å². The number of hydrogen-bond donors (Lipinski definition) is 2. The molecule has 1 aliphatic rings. The smallest absolute Gasteiger partial charge is 0.240 e. The Balaban J connectivity index is 2.13. The van der Waals surface area contributed by atoms with E-state index in [1.54, 1.807) is 6.07 Å². The van der Waals surface area contributed by atoms with Gasteiger partial charge in [-0.3, -0.25) is 0 Å². The fourth-order valence-electron chi connectivity index (χ4n) is 2.74. The fraction of sp³-hybridized carbons (Fsp3) is 0.625.